The molecular weight excluding hydrogens is 236 g/mol. The van der Waals surface area contributed by atoms with E-state index in [1.165, 1.54) is 0 Å². The lowest BCUT2D eigenvalue weighted by Crippen LogP contribution is -2.13. The van der Waals surface area contributed by atoms with Crippen LogP contribution in [0, 0.1) is 18.8 Å². The molecule has 0 saturated carbocycles. The number of hydrogen-bond donors (Lipinski definition) is 0. The second-order valence-corrected chi connectivity index (χ2v) is 4.09. The fraction of sp³-hybridized carbons (Fsp3) is 0.0588. The third-order valence-corrected chi connectivity index (χ3v) is 2.69. The molecular formula is C17H12O2. The van der Waals surface area contributed by atoms with Crippen molar-refractivity contribution >= 4 is 11.6 Å². The van der Waals surface area contributed by atoms with E-state index in [2.05, 4.69) is 11.8 Å². The minimum absolute atomic E-state index is 0.412. The molecule has 0 fully saturated rings. The highest BCUT2D eigenvalue weighted by atomic mass is 16.2. The van der Waals surface area contributed by atoms with Gasteiger partial charge in [-0.25, -0.2) is 0 Å². The molecule has 0 saturated heterocycles. The van der Waals surface area contributed by atoms with Gasteiger partial charge in [-0.15, -0.1) is 0 Å². The van der Waals surface area contributed by atoms with E-state index in [1.807, 2.05) is 24.3 Å². The first kappa shape index (κ1) is 12.8. The Balaban J connectivity index is 2.20. The standard InChI is InChI=1S/C17H12O2/c1-13-7-5-6-10-15(13)17(19)16(18)12-11-14-8-3-2-4-9-14/h2-10H,1H3. The predicted octanol–water partition coefficient (Wildman–Crippen LogP) is 2.80. The number of benzene rings is 2. The molecule has 0 aliphatic carbocycles. The van der Waals surface area contributed by atoms with Gasteiger partial charge in [0, 0.05) is 11.1 Å². The summed E-state index contributed by atoms with van der Waals surface area (Å²) in [5.41, 5.74) is 1.91. The number of Topliss-reactive ketones (excluding diaryl/α,β-unsaturated/α-hetero) is 2. The van der Waals surface area contributed by atoms with Gasteiger partial charge in [0.25, 0.3) is 5.78 Å². The normalized spacial score (nSPS) is 9.32. The van der Waals surface area contributed by atoms with E-state index >= 15 is 0 Å². The van der Waals surface area contributed by atoms with E-state index in [0.717, 1.165) is 5.56 Å². The summed E-state index contributed by atoms with van der Waals surface area (Å²) in [6, 6.07) is 16.1. The number of hydrogen-bond acceptors (Lipinski definition) is 2. The predicted molar refractivity (Wildman–Crippen MR) is 73.8 cm³/mol. The number of carbonyl (C=O) groups excluding carboxylic acids is 2. The zero-order chi connectivity index (χ0) is 13.7. The lowest BCUT2D eigenvalue weighted by Gasteiger charge is -1.99. The Morgan fingerprint density at radius 2 is 1.53 bits per heavy atom. The van der Waals surface area contributed by atoms with E-state index in [1.54, 1.807) is 37.3 Å². The summed E-state index contributed by atoms with van der Waals surface area (Å²) in [5.74, 6) is 3.84. The van der Waals surface area contributed by atoms with Crippen LogP contribution in [-0.2, 0) is 4.79 Å². The Morgan fingerprint density at radius 1 is 0.895 bits per heavy atom. The molecule has 0 spiro atoms. The average Bonchev–Trinajstić information content (AvgIpc) is 2.45. The van der Waals surface area contributed by atoms with Crippen molar-refractivity contribution in [3.63, 3.8) is 0 Å². The van der Waals surface area contributed by atoms with Crippen LogP contribution < -0.4 is 0 Å². The molecule has 0 radical (unpaired) electrons. The molecule has 2 aromatic carbocycles. The summed E-state index contributed by atoms with van der Waals surface area (Å²) in [7, 11) is 0. The van der Waals surface area contributed by atoms with Gasteiger partial charge in [-0.1, -0.05) is 48.4 Å². The smallest absolute Gasteiger partial charge is 0.276 e. The largest absolute Gasteiger partial charge is 0.284 e. The number of aryl methyl sites for hydroxylation is 1. The molecule has 19 heavy (non-hydrogen) atoms. The Bertz CT molecular complexity index is 673. The van der Waals surface area contributed by atoms with Gasteiger partial charge in [-0.05, 0) is 30.5 Å². The summed E-state index contributed by atoms with van der Waals surface area (Å²) in [4.78, 5) is 23.7. The quantitative estimate of drug-likeness (QED) is 0.465. The van der Waals surface area contributed by atoms with Gasteiger partial charge in [-0.2, -0.15) is 0 Å². The summed E-state index contributed by atoms with van der Waals surface area (Å²) in [6.45, 7) is 1.80. The summed E-state index contributed by atoms with van der Waals surface area (Å²) in [6.07, 6.45) is 0. The molecule has 2 nitrogen and oxygen atoms in total. The Labute approximate surface area is 112 Å². The van der Waals surface area contributed by atoms with Crippen LogP contribution in [0.3, 0.4) is 0 Å². The zero-order valence-electron chi connectivity index (χ0n) is 10.5. The molecule has 0 aliphatic rings. The van der Waals surface area contributed by atoms with E-state index in [4.69, 9.17) is 0 Å². The highest BCUT2D eigenvalue weighted by Crippen LogP contribution is 2.08. The van der Waals surface area contributed by atoms with Gasteiger partial charge in [-0.3, -0.25) is 9.59 Å². The summed E-state index contributed by atoms with van der Waals surface area (Å²) >= 11 is 0. The number of rotatable bonds is 2. The second-order valence-electron chi connectivity index (χ2n) is 4.09. The molecule has 2 heteroatoms. The van der Waals surface area contributed by atoms with Crippen molar-refractivity contribution in [2.24, 2.45) is 0 Å². The summed E-state index contributed by atoms with van der Waals surface area (Å²) in [5, 5.41) is 0. The molecule has 0 aliphatic heterocycles. The third-order valence-electron chi connectivity index (χ3n) is 2.69. The highest BCUT2D eigenvalue weighted by molar-refractivity contribution is 6.49. The van der Waals surface area contributed by atoms with Crippen molar-refractivity contribution < 1.29 is 9.59 Å². The molecule has 92 valence electrons. The topological polar surface area (TPSA) is 34.1 Å². The lowest BCUT2D eigenvalue weighted by atomic mass is 10.0. The molecule has 2 rings (SSSR count). The fourth-order valence-electron chi connectivity index (χ4n) is 1.66. The van der Waals surface area contributed by atoms with Gasteiger partial charge in [0.05, 0.1) is 0 Å². The maximum Gasteiger partial charge on any atom is 0.276 e. The average molecular weight is 248 g/mol. The van der Waals surface area contributed by atoms with Gasteiger partial charge < -0.3 is 0 Å². The van der Waals surface area contributed by atoms with Crippen LogP contribution >= 0.6 is 0 Å². The van der Waals surface area contributed by atoms with Gasteiger partial charge in [0.1, 0.15) is 0 Å². The monoisotopic (exact) mass is 248 g/mol. The van der Waals surface area contributed by atoms with Crippen LogP contribution in [-0.4, -0.2) is 11.6 Å². The van der Waals surface area contributed by atoms with E-state index in [-0.39, 0.29) is 0 Å². The van der Waals surface area contributed by atoms with Crippen LogP contribution in [0.2, 0.25) is 0 Å². The van der Waals surface area contributed by atoms with Crippen LogP contribution in [0.15, 0.2) is 54.6 Å². The Kier molecular flexibility index (Phi) is 3.90. The summed E-state index contributed by atoms with van der Waals surface area (Å²) < 4.78 is 0. The molecule has 0 unspecified atom stereocenters. The van der Waals surface area contributed by atoms with Crippen LogP contribution in [0.4, 0.5) is 0 Å². The second kappa shape index (κ2) is 5.79. The molecule has 0 aromatic heterocycles. The number of carbonyl (C=O) groups is 2. The van der Waals surface area contributed by atoms with Gasteiger partial charge >= 0.3 is 0 Å². The molecule has 0 atom stereocenters. The van der Waals surface area contributed by atoms with Gasteiger partial charge in [0.15, 0.2) is 0 Å². The van der Waals surface area contributed by atoms with Crippen LogP contribution in [0.25, 0.3) is 0 Å². The third kappa shape index (κ3) is 3.17. The fourth-order valence-corrected chi connectivity index (χ4v) is 1.66. The minimum atomic E-state index is -0.682. The minimum Gasteiger partial charge on any atom is -0.284 e. The maximum atomic E-state index is 11.9. The van der Waals surface area contributed by atoms with E-state index < -0.39 is 11.6 Å². The van der Waals surface area contributed by atoms with Crippen LogP contribution in [0.5, 0.6) is 0 Å². The molecule has 0 bridgehead atoms. The number of ketones is 2. The van der Waals surface area contributed by atoms with Crippen molar-refractivity contribution in [3.8, 4) is 11.8 Å². The van der Waals surface area contributed by atoms with Crippen LogP contribution in [0.1, 0.15) is 21.5 Å². The highest BCUT2D eigenvalue weighted by Gasteiger charge is 2.15. The van der Waals surface area contributed by atoms with E-state index in [0.29, 0.717) is 11.1 Å². The van der Waals surface area contributed by atoms with E-state index in [9.17, 15) is 9.59 Å². The Hall–Kier alpha value is -2.66. The van der Waals surface area contributed by atoms with Gasteiger partial charge in [0.2, 0.25) is 5.78 Å². The maximum absolute atomic E-state index is 11.9. The van der Waals surface area contributed by atoms with Crippen molar-refractivity contribution in [1.29, 1.82) is 0 Å². The first-order chi connectivity index (χ1) is 9.18. The first-order valence-electron chi connectivity index (χ1n) is 5.90. The zero-order valence-corrected chi connectivity index (χ0v) is 10.5. The molecule has 2 aromatic rings. The molecule has 0 N–H and O–H groups in total. The lowest BCUT2D eigenvalue weighted by molar-refractivity contribution is -0.110. The van der Waals surface area contributed by atoms with Crippen molar-refractivity contribution in [3.05, 3.63) is 71.3 Å². The Morgan fingerprint density at radius 3 is 2.21 bits per heavy atom. The van der Waals surface area contributed by atoms with Crippen molar-refractivity contribution in [2.75, 3.05) is 0 Å². The van der Waals surface area contributed by atoms with Crippen molar-refractivity contribution in [1.82, 2.24) is 0 Å². The SMILES string of the molecule is Cc1ccccc1C(=O)C(=O)C#Cc1ccccc1. The van der Waals surface area contributed by atoms with Crippen molar-refractivity contribution in [2.45, 2.75) is 6.92 Å². The first-order valence-corrected chi connectivity index (χ1v) is 5.90. The molecule has 0 heterocycles. The molecule has 0 amide bonds.